The van der Waals surface area contributed by atoms with E-state index >= 15 is 0 Å². The zero-order valence-corrected chi connectivity index (χ0v) is 10.1. The van der Waals surface area contributed by atoms with E-state index in [0.717, 1.165) is 23.1 Å². The van der Waals surface area contributed by atoms with Crippen LogP contribution in [0.5, 0.6) is 5.75 Å². The van der Waals surface area contributed by atoms with Gasteiger partial charge >= 0.3 is 0 Å². The molecule has 1 aromatic carbocycles. The summed E-state index contributed by atoms with van der Waals surface area (Å²) in [7, 11) is 0. The molecule has 2 rings (SSSR count). The Morgan fingerprint density at radius 3 is 2.53 bits per heavy atom. The molecule has 17 heavy (non-hydrogen) atoms. The predicted octanol–water partition coefficient (Wildman–Crippen LogP) is 1.56. The number of nitrogen functional groups attached to an aromatic ring is 1. The Balaban J connectivity index is 1.87. The molecule has 0 unspecified atom stereocenters. The molecule has 2 N–H and O–H groups in total. The summed E-state index contributed by atoms with van der Waals surface area (Å²) in [6, 6.07) is 7.35. The minimum atomic E-state index is 0.563. The lowest BCUT2D eigenvalue weighted by molar-refractivity contribution is 0.289. The first-order chi connectivity index (χ1) is 8.15. The zero-order valence-electron chi connectivity index (χ0n) is 10.1. The number of ether oxygens (including phenoxy) is 1. The first-order valence-electron chi connectivity index (χ1n) is 5.51. The van der Waals surface area contributed by atoms with Crippen LogP contribution in [0, 0.1) is 13.8 Å². The molecule has 0 spiro atoms. The molecule has 0 radical (unpaired) electrons. The largest absolute Gasteiger partial charge is 0.492 e. The minimum absolute atomic E-state index is 0.563. The third-order valence-electron chi connectivity index (χ3n) is 2.41. The summed E-state index contributed by atoms with van der Waals surface area (Å²) in [5.41, 5.74) is 6.33. The van der Waals surface area contributed by atoms with Crippen LogP contribution in [0.25, 0.3) is 0 Å². The van der Waals surface area contributed by atoms with Gasteiger partial charge in [-0.3, -0.25) is 0 Å². The molecular formula is C12H16N4O. The number of aromatic nitrogens is 3. The maximum atomic E-state index is 5.59. The fourth-order valence-electron chi connectivity index (χ4n) is 1.59. The Morgan fingerprint density at radius 2 is 1.94 bits per heavy atom. The van der Waals surface area contributed by atoms with Gasteiger partial charge < -0.3 is 10.5 Å². The molecule has 0 bridgehead atoms. The average molecular weight is 232 g/mol. The smallest absolute Gasteiger partial charge is 0.147 e. The molecule has 0 aliphatic carbocycles. The van der Waals surface area contributed by atoms with Gasteiger partial charge in [0, 0.05) is 5.69 Å². The molecule has 2 aromatic rings. The highest BCUT2D eigenvalue weighted by atomic mass is 16.5. The van der Waals surface area contributed by atoms with Crippen molar-refractivity contribution in [3.63, 3.8) is 0 Å². The van der Waals surface area contributed by atoms with Gasteiger partial charge in [0.15, 0.2) is 0 Å². The Hall–Kier alpha value is -2.04. The van der Waals surface area contributed by atoms with Crippen molar-refractivity contribution in [2.75, 3.05) is 12.3 Å². The van der Waals surface area contributed by atoms with Gasteiger partial charge in [0.1, 0.15) is 24.0 Å². The van der Waals surface area contributed by atoms with E-state index in [1.165, 1.54) is 0 Å². The Bertz CT molecular complexity index is 490. The quantitative estimate of drug-likeness (QED) is 0.812. The van der Waals surface area contributed by atoms with Crippen molar-refractivity contribution < 1.29 is 4.74 Å². The van der Waals surface area contributed by atoms with Crippen LogP contribution in [0.15, 0.2) is 24.3 Å². The van der Waals surface area contributed by atoms with Crippen LogP contribution in [-0.2, 0) is 6.54 Å². The lowest BCUT2D eigenvalue weighted by Crippen LogP contribution is -2.11. The second-order valence-corrected chi connectivity index (χ2v) is 3.85. The van der Waals surface area contributed by atoms with Crippen molar-refractivity contribution in [3.05, 3.63) is 35.9 Å². The van der Waals surface area contributed by atoms with Crippen LogP contribution in [0.2, 0.25) is 0 Å². The van der Waals surface area contributed by atoms with Gasteiger partial charge in [-0.1, -0.05) is 0 Å². The topological polar surface area (TPSA) is 66.0 Å². The van der Waals surface area contributed by atoms with Gasteiger partial charge in [-0.05, 0) is 38.1 Å². The molecule has 0 aliphatic rings. The predicted molar refractivity (Wildman–Crippen MR) is 65.8 cm³/mol. The Kier molecular flexibility index (Phi) is 3.27. The monoisotopic (exact) mass is 232 g/mol. The number of nitrogens with zero attached hydrogens (tertiary/aromatic N) is 3. The number of hydrogen-bond donors (Lipinski definition) is 1. The third-order valence-corrected chi connectivity index (χ3v) is 2.41. The van der Waals surface area contributed by atoms with Crippen LogP contribution in [-0.4, -0.2) is 21.4 Å². The highest BCUT2D eigenvalue weighted by Crippen LogP contribution is 2.12. The van der Waals surface area contributed by atoms with E-state index in [9.17, 15) is 0 Å². The molecule has 5 nitrogen and oxygen atoms in total. The van der Waals surface area contributed by atoms with Crippen molar-refractivity contribution >= 4 is 5.69 Å². The minimum Gasteiger partial charge on any atom is -0.492 e. The van der Waals surface area contributed by atoms with E-state index in [2.05, 4.69) is 10.1 Å². The van der Waals surface area contributed by atoms with E-state index in [1.807, 2.05) is 42.8 Å². The second-order valence-electron chi connectivity index (χ2n) is 3.85. The summed E-state index contributed by atoms with van der Waals surface area (Å²) in [4.78, 5) is 4.23. The summed E-state index contributed by atoms with van der Waals surface area (Å²) >= 11 is 0. The summed E-state index contributed by atoms with van der Waals surface area (Å²) in [6.45, 7) is 5.07. The fraction of sp³-hybridized carbons (Fsp3) is 0.333. The summed E-state index contributed by atoms with van der Waals surface area (Å²) < 4.78 is 7.42. The Labute approximate surface area is 100 Å². The van der Waals surface area contributed by atoms with Gasteiger partial charge in [0.2, 0.25) is 0 Å². The third kappa shape index (κ3) is 2.96. The lowest BCUT2D eigenvalue weighted by atomic mass is 10.3. The van der Waals surface area contributed by atoms with Crippen LogP contribution < -0.4 is 10.5 Å². The molecule has 0 saturated carbocycles. The number of anilines is 1. The van der Waals surface area contributed by atoms with Gasteiger partial charge in [0.05, 0.1) is 6.54 Å². The molecule has 0 atom stereocenters. The summed E-state index contributed by atoms with van der Waals surface area (Å²) in [5, 5.41) is 4.26. The SMILES string of the molecule is Cc1nc(C)n(CCOc2ccc(N)cc2)n1. The maximum absolute atomic E-state index is 5.59. The van der Waals surface area contributed by atoms with Crippen LogP contribution in [0.3, 0.4) is 0 Å². The average Bonchev–Trinajstić information content (AvgIpc) is 2.60. The van der Waals surface area contributed by atoms with Gasteiger partial charge in [-0.2, -0.15) is 5.10 Å². The normalized spacial score (nSPS) is 10.5. The molecule has 1 heterocycles. The van der Waals surface area contributed by atoms with E-state index in [4.69, 9.17) is 10.5 Å². The molecule has 5 heteroatoms. The molecule has 1 aromatic heterocycles. The van der Waals surface area contributed by atoms with Crippen molar-refractivity contribution in [2.24, 2.45) is 0 Å². The van der Waals surface area contributed by atoms with Crippen molar-refractivity contribution in [1.82, 2.24) is 14.8 Å². The molecule has 0 fully saturated rings. The summed E-state index contributed by atoms with van der Waals surface area (Å²) in [6.07, 6.45) is 0. The van der Waals surface area contributed by atoms with E-state index < -0.39 is 0 Å². The van der Waals surface area contributed by atoms with Gasteiger partial charge in [0.25, 0.3) is 0 Å². The van der Waals surface area contributed by atoms with Crippen molar-refractivity contribution in [3.8, 4) is 5.75 Å². The zero-order chi connectivity index (χ0) is 12.3. The second kappa shape index (κ2) is 4.86. The van der Waals surface area contributed by atoms with Crippen molar-refractivity contribution in [1.29, 1.82) is 0 Å². The van der Waals surface area contributed by atoms with E-state index in [1.54, 1.807) is 0 Å². The number of hydrogen-bond acceptors (Lipinski definition) is 4. The van der Waals surface area contributed by atoms with E-state index in [0.29, 0.717) is 13.2 Å². The summed E-state index contributed by atoms with van der Waals surface area (Å²) in [5.74, 6) is 2.51. The number of nitrogens with two attached hydrogens (primary N) is 1. The van der Waals surface area contributed by atoms with Crippen LogP contribution >= 0.6 is 0 Å². The first-order valence-corrected chi connectivity index (χ1v) is 5.51. The molecule has 90 valence electrons. The molecule has 0 amide bonds. The van der Waals surface area contributed by atoms with Crippen LogP contribution in [0.1, 0.15) is 11.6 Å². The highest BCUT2D eigenvalue weighted by molar-refractivity contribution is 5.41. The number of aryl methyl sites for hydroxylation is 2. The van der Waals surface area contributed by atoms with Gasteiger partial charge in [-0.25, -0.2) is 9.67 Å². The Morgan fingerprint density at radius 1 is 1.24 bits per heavy atom. The van der Waals surface area contributed by atoms with E-state index in [-0.39, 0.29) is 0 Å². The van der Waals surface area contributed by atoms with Crippen LogP contribution in [0.4, 0.5) is 5.69 Å². The number of rotatable bonds is 4. The first kappa shape index (κ1) is 11.4. The lowest BCUT2D eigenvalue weighted by Gasteiger charge is -2.07. The molecular weight excluding hydrogens is 216 g/mol. The standard InChI is InChI=1S/C12H16N4O/c1-9-14-10(2)16(15-9)7-8-17-12-5-3-11(13)4-6-12/h3-6H,7-8,13H2,1-2H3. The highest BCUT2D eigenvalue weighted by Gasteiger charge is 2.02. The molecule has 0 saturated heterocycles. The molecule has 0 aliphatic heterocycles. The fourth-order valence-corrected chi connectivity index (χ4v) is 1.59. The number of benzene rings is 1. The van der Waals surface area contributed by atoms with Gasteiger partial charge in [-0.15, -0.1) is 0 Å². The van der Waals surface area contributed by atoms with Crippen molar-refractivity contribution in [2.45, 2.75) is 20.4 Å². The maximum Gasteiger partial charge on any atom is 0.147 e.